The van der Waals surface area contributed by atoms with Crippen molar-refractivity contribution in [1.29, 1.82) is 0 Å². The fourth-order valence-electron chi connectivity index (χ4n) is 1.80. The lowest BCUT2D eigenvalue weighted by Gasteiger charge is -2.18. The molecule has 0 amide bonds. The van der Waals surface area contributed by atoms with Gasteiger partial charge in [0, 0.05) is 6.54 Å². The summed E-state index contributed by atoms with van der Waals surface area (Å²) < 4.78 is 11.0. The first-order valence-corrected chi connectivity index (χ1v) is 5.36. The summed E-state index contributed by atoms with van der Waals surface area (Å²) in [6.45, 7) is 4.51. The van der Waals surface area contributed by atoms with Crippen molar-refractivity contribution in [2.75, 3.05) is 26.8 Å². The molecule has 1 unspecified atom stereocenters. The molecule has 1 aliphatic rings. The molecular weight excluding hydrogens is 190 g/mol. The maximum absolute atomic E-state index is 5.64. The van der Waals surface area contributed by atoms with Gasteiger partial charge in [0.2, 0.25) is 0 Å². The van der Waals surface area contributed by atoms with Crippen LogP contribution in [0.5, 0.6) is 5.75 Å². The predicted octanol–water partition coefficient (Wildman–Crippen LogP) is 2.05. The van der Waals surface area contributed by atoms with E-state index in [-0.39, 0.29) is 6.23 Å². The molecule has 0 bridgehead atoms. The largest absolute Gasteiger partial charge is 0.494 e. The van der Waals surface area contributed by atoms with Gasteiger partial charge >= 0.3 is 0 Å². The van der Waals surface area contributed by atoms with Crippen molar-refractivity contribution >= 4 is 0 Å². The van der Waals surface area contributed by atoms with Crippen molar-refractivity contribution in [3.05, 3.63) is 29.8 Å². The van der Waals surface area contributed by atoms with Gasteiger partial charge in [-0.2, -0.15) is 0 Å². The van der Waals surface area contributed by atoms with Crippen molar-refractivity contribution in [3.63, 3.8) is 0 Å². The van der Waals surface area contributed by atoms with E-state index in [1.165, 1.54) is 5.56 Å². The molecule has 0 spiro atoms. The Bertz CT molecular complexity index is 310. The Balaban J connectivity index is 2.09. The van der Waals surface area contributed by atoms with Gasteiger partial charge in [-0.1, -0.05) is 12.1 Å². The summed E-state index contributed by atoms with van der Waals surface area (Å²) in [5, 5.41) is 0. The van der Waals surface area contributed by atoms with Gasteiger partial charge in [0.15, 0.2) is 0 Å². The third-order valence-electron chi connectivity index (χ3n) is 2.60. The summed E-state index contributed by atoms with van der Waals surface area (Å²) in [7, 11) is 2.08. The summed E-state index contributed by atoms with van der Waals surface area (Å²) in [5.41, 5.74) is 1.19. The number of rotatable bonds is 3. The highest BCUT2D eigenvalue weighted by Gasteiger charge is 2.22. The van der Waals surface area contributed by atoms with Crippen LogP contribution in [-0.2, 0) is 4.74 Å². The minimum absolute atomic E-state index is 0.112. The van der Waals surface area contributed by atoms with E-state index in [4.69, 9.17) is 9.47 Å². The molecule has 1 saturated heterocycles. The number of likely N-dealkylation sites (N-methyl/N-ethyl adjacent to an activating group) is 1. The standard InChI is InChI=1S/C12H17NO2/c1-3-14-11-6-4-10(5-7-11)12-13(2)8-9-15-12/h4-7,12H,3,8-9H2,1-2H3. The molecule has 1 aromatic carbocycles. The van der Waals surface area contributed by atoms with Crippen LogP contribution in [0, 0.1) is 0 Å². The van der Waals surface area contributed by atoms with Crippen LogP contribution in [0.4, 0.5) is 0 Å². The second-order valence-corrected chi connectivity index (χ2v) is 3.71. The molecule has 0 aromatic heterocycles. The van der Waals surface area contributed by atoms with E-state index in [2.05, 4.69) is 24.1 Å². The number of hydrogen-bond donors (Lipinski definition) is 0. The fourth-order valence-corrected chi connectivity index (χ4v) is 1.80. The van der Waals surface area contributed by atoms with E-state index in [9.17, 15) is 0 Å². The van der Waals surface area contributed by atoms with Gasteiger partial charge in [-0.25, -0.2) is 0 Å². The maximum atomic E-state index is 5.64. The molecule has 3 heteroatoms. The van der Waals surface area contributed by atoms with Gasteiger partial charge in [-0.3, -0.25) is 4.90 Å². The van der Waals surface area contributed by atoms with Crippen LogP contribution in [0.25, 0.3) is 0 Å². The zero-order chi connectivity index (χ0) is 10.7. The molecule has 82 valence electrons. The highest BCUT2D eigenvalue weighted by atomic mass is 16.5. The highest BCUT2D eigenvalue weighted by molar-refractivity contribution is 5.28. The van der Waals surface area contributed by atoms with Crippen LogP contribution in [0.1, 0.15) is 18.7 Å². The highest BCUT2D eigenvalue weighted by Crippen LogP contribution is 2.26. The SMILES string of the molecule is CCOc1ccc(C2OCCN2C)cc1. The number of benzene rings is 1. The summed E-state index contributed by atoms with van der Waals surface area (Å²) >= 11 is 0. The topological polar surface area (TPSA) is 21.7 Å². The predicted molar refractivity (Wildman–Crippen MR) is 58.9 cm³/mol. The summed E-state index contributed by atoms with van der Waals surface area (Å²) in [6.07, 6.45) is 0.112. The average Bonchev–Trinajstić information content (AvgIpc) is 2.66. The van der Waals surface area contributed by atoms with Gasteiger partial charge < -0.3 is 9.47 Å². The van der Waals surface area contributed by atoms with E-state index in [0.717, 1.165) is 18.9 Å². The lowest BCUT2D eigenvalue weighted by atomic mass is 10.2. The second-order valence-electron chi connectivity index (χ2n) is 3.71. The Morgan fingerprint density at radius 2 is 2.13 bits per heavy atom. The molecule has 0 saturated carbocycles. The van der Waals surface area contributed by atoms with Gasteiger partial charge in [0.25, 0.3) is 0 Å². The second kappa shape index (κ2) is 4.64. The molecule has 0 N–H and O–H groups in total. The Labute approximate surface area is 90.6 Å². The minimum atomic E-state index is 0.112. The Morgan fingerprint density at radius 3 is 2.67 bits per heavy atom. The third kappa shape index (κ3) is 2.30. The van der Waals surface area contributed by atoms with Crippen molar-refractivity contribution < 1.29 is 9.47 Å². The maximum Gasteiger partial charge on any atom is 0.136 e. The molecule has 1 aliphatic heterocycles. The Hall–Kier alpha value is -1.06. The van der Waals surface area contributed by atoms with Crippen LogP contribution in [0.3, 0.4) is 0 Å². The Morgan fingerprint density at radius 1 is 1.40 bits per heavy atom. The van der Waals surface area contributed by atoms with E-state index in [0.29, 0.717) is 6.61 Å². The van der Waals surface area contributed by atoms with Crippen molar-refractivity contribution in [2.24, 2.45) is 0 Å². The van der Waals surface area contributed by atoms with E-state index in [1.54, 1.807) is 0 Å². The number of nitrogens with zero attached hydrogens (tertiary/aromatic N) is 1. The van der Waals surface area contributed by atoms with E-state index in [1.807, 2.05) is 19.1 Å². The fraction of sp³-hybridized carbons (Fsp3) is 0.500. The third-order valence-corrected chi connectivity index (χ3v) is 2.60. The normalized spacial score (nSPS) is 21.9. The average molecular weight is 207 g/mol. The van der Waals surface area contributed by atoms with Gasteiger partial charge in [-0.15, -0.1) is 0 Å². The minimum Gasteiger partial charge on any atom is -0.494 e. The molecule has 2 rings (SSSR count). The first-order valence-electron chi connectivity index (χ1n) is 5.36. The quantitative estimate of drug-likeness (QED) is 0.757. The lowest BCUT2D eigenvalue weighted by molar-refractivity contribution is 0.0453. The number of hydrogen-bond acceptors (Lipinski definition) is 3. The molecule has 1 aromatic rings. The lowest BCUT2D eigenvalue weighted by Crippen LogP contribution is -2.18. The molecule has 0 aliphatic carbocycles. The molecule has 1 heterocycles. The monoisotopic (exact) mass is 207 g/mol. The zero-order valence-electron chi connectivity index (χ0n) is 9.27. The van der Waals surface area contributed by atoms with Gasteiger partial charge in [-0.05, 0) is 31.7 Å². The summed E-state index contributed by atoms with van der Waals surface area (Å²) in [4.78, 5) is 2.20. The molecule has 1 fully saturated rings. The summed E-state index contributed by atoms with van der Waals surface area (Å²) in [6, 6.07) is 8.12. The van der Waals surface area contributed by atoms with Crippen molar-refractivity contribution in [3.8, 4) is 5.75 Å². The van der Waals surface area contributed by atoms with Crippen LogP contribution < -0.4 is 4.74 Å². The Kier molecular flexibility index (Phi) is 3.23. The summed E-state index contributed by atoms with van der Waals surface area (Å²) in [5.74, 6) is 0.918. The van der Waals surface area contributed by atoms with E-state index < -0.39 is 0 Å². The molecule has 3 nitrogen and oxygen atoms in total. The van der Waals surface area contributed by atoms with Crippen LogP contribution in [0.2, 0.25) is 0 Å². The smallest absolute Gasteiger partial charge is 0.136 e. The van der Waals surface area contributed by atoms with Gasteiger partial charge in [0.05, 0.1) is 13.2 Å². The molecular formula is C12H17NO2. The molecule has 1 atom stereocenters. The van der Waals surface area contributed by atoms with Crippen LogP contribution >= 0.6 is 0 Å². The van der Waals surface area contributed by atoms with Crippen LogP contribution in [-0.4, -0.2) is 31.7 Å². The zero-order valence-corrected chi connectivity index (χ0v) is 9.27. The van der Waals surface area contributed by atoms with Gasteiger partial charge in [0.1, 0.15) is 12.0 Å². The van der Waals surface area contributed by atoms with Crippen molar-refractivity contribution in [1.82, 2.24) is 4.90 Å². The number of ether oxygens (including phenoxy) is 2. The molecule has 0 radical (unpaired) electrons. The first kappa shape index (κ1) is 10.5. The van der Waals surface area contributed by atoms with Crippen molar-refractivity contribution in [2.45, 2.75) is 13.2 Å². The van der Waals surface area contributed by atoms with Crippen LogP contribution in [0.15, 0.2) is 24.3 Å². The molecule has 15 heavy (non-hydrogen) atoms. The van der Waals surface area contributed by atoms with E-state index >= 15 is 0 Å². The first-order chi connectivity index (χ1) is 7.31.